The van der Waals surface area contributed by atoms with Gasteiger partial charge in [-0.1, -0.05) is 28.4 Å². The predicted octanol–water partition coefficient (Wildman–Crippen LogP) is 4.85. The van der Waals surface area contributed by atoms with E-state index in [1.807, 2.05) is 6.07 Å². The first-order valence-electron chi connectivity index (χ1n) is 6.79. The van der Waals surface area contributed by atoms with Crippen LogP contribution in [0.3, 0.4) is 0 Å². The van der Waals surface area contributed by atoms with Crippen LogP contribution in [0.5, 0.6) is 5.75 Å². The molecule has 1 atom stereocenters. The van der Waals surface area contributed by atoms with Crippen molar-refractivity contribution in [2.75, 3.05) is 13.7 Å². The first-order valence-corrected chi connectivity index (χ1v) is 7.59. The van der Waals surface area contributed by atoms with Crippen molar-refractivity contribution in [1.82, 2.24) is 5.32 Å². The van der Waals surface area contributed by atoms with E-state index in [0.717, 1.165) is 36.0 Å². The molecule has 0 amide bonds. The summed E-state index contributed by atoms with van der Waals surface area (Å²) in [6.45, 7) is 9.28. The molecule has 0 saturated heterocycles. The first kappa shape index (κ1) is 16.3. The minimum Gasteiger partial charge on any atom is -0.497 e. The summed E-state index contributed by atoms with van der Waals surface area (Å²) in [4.78, 5) is 0. The zero-order chi connectivity index (χ0) is 14.3. The second-order valence-corrected chi connectivity index (χ2v) is 5.74. The second-order valence-electron chi connectivity index (χ2n) is 4.89. The Bertz CT molecular complexity index is 417. The van der Waals surface area contributed by atoms with Crippen molar-refractivity contribution in [2.24, 2.45) is 0 Å². The minimum absolute atomic E-state index is 0.334. The molecule has 3 heteroatoms. The van der Waals surface area contributed by atoms with Gasteiger partial charge in [0.1, 0.15) is 5.75 Å². The molecule has 0 saturated carbocycles. The number of nitrogens with one attached hydrogen (secondary N) is 1. The van der Waals surface area contributed by atoms with Gasteiger partial charge in [-0.3, -0.25) is 0 Å². The maximum atomic E-state index is 5.32. The summed E-state index contributed by atoms with van der Waals surface area (Å²) in [7, 11) is 1.70. The van der Waals surface area contributed by atoms with Gasteiger partial charge in [-0.05, 0) is 56.5 Å². The molecule has 0 spiro atoms. The fourth-order valence-corrected chi connectivity index (χ4v) is 2.52. The average Bonchev–Trinajstić information content (AvgIpc) is 2.40. The van der Waals surface area contributed by atoms with Crippen LogP contribution in [0.1, 0.15) is 44.7 Å². The van der Waals surface area contributed by atoms with Crippen LogP contribution in [0.4, 0.5) is 0 Å². The second kappa shape index (κ2) is 8.39. The number of allylic oxidation sites excluding steroid dienone is 1. The third-order valence-electron chi connectivity index (χ3n) is 3.08. The summed E-state index contributed by atoms with van der Waals surface area (Å²) in [6.07, 6.45) is 3.22. The normalized spacial score (nSPS) is 12.2. The van der Waals surface area contributed by atoms with E-state index < -0.39 is 0 Å². The highest BCUT2D eigenvalue weighted by Gasteiger charge is 2.14. The van der Waals surface area contributed by atoms with Crippen LogP contribution in [0.25, 0.3) is 0 Å². The van der Waals surface area contributed by atoms with E-state index in [4.69, 9.17) is 4.74 Å². The van der Waals surface area contributed by atoms with Gasteiger partial charge < -0.3 is 10.1 Å². The maximum absolute atomic E-state index is 5.32. The topological polar surface area (TPSA) is 21.3 Å². The molecule has 0 aliphatic carbocycles. The summed E-state index contributed by atoms with van der Waals surface area (Å²) in [5, 5.41) is 3.61. The number of ether oxygens (including phenoxy) is 1. The third kappa shape index (κ3) is 5.37. The summed E-state index contributed by atoms with van der Waals surface area (Å²) in [5.41, 5.74) is 2.48. The summed E-state index contributed by atoms with van der Waals surface area (Å²) >= 11 is 3.64. The standard InChI is InChI=1S/C16H24BrNO/c1-5-10-18-16(9-6-12(2)3)14-11-13(19-4)7-8-15(14)17/h7-8,11,16,18H,2,5-6,9-10H2,1,3-4H3. The molecular formula is C16H24BrNO. The molecule has 0 fully saturated rings. The van der Waals surface area contributed by atoms with Crippen molar-refractivity contribution in [3.63, 3.8) is 0 Å². The lowest BCUT2D eigenvalue weighted by molar-refractivity contribution is 0.412. The van der Waals surface area contributed by atoms with Crippen LogP contribution < -0.4 is 10.1 Å². The Labute approximate surface area is 125 Å². The largest absolute Gasteiger partial charge is 0.497 e. The fourth-order valence-electron chi connectivity index (χ4n) is 1.99. The highest BCUT2D eigenvalue weighted by Crippen LogP contribution is 2.30. The average molecular weight is 326 g/mol. The number of rotatable bonds is 8. The number of hydrogen-bond acceptors (Lipinski definition) is 2. The fraction of sp³-hybridized carbons (Fsp3) is 0.500. The van der Waals surface area contributed by atoms with Gasteiger partial charge in [0.25, 0.3) is 0 Å². The van der Waals surface area contributed by atoms with Crippen molar-refractivity contribution in [2.45, 2.75) is 39.2 Å². The van der Waals surface area contributed by atoms with Gasteiger partial charge in [-0.25, -0.2) is 0 Å². The zero-order valence-corrected chi connectivity index (χ0v) is 13.7. The Morgan fingerprint density at radius 3 is 2.79 bits per heavy atom. The predicted molar refractivity (Wildman–Crippen MR) is 85.8 cm³/mol. The molecule has 1 aromatic carbocycles. The Kier molecular flexibility index (Phi) is 7.17. The molecule has 1 N–H and O–H groups in total. The van der Waals surface area contributed by atoms with Crippen molar-refractivity contribution < 1.29 is 4.74 Å². The van der Waals surface area contributed by atoms with Crippen LogP contribution in [0, 0.1) is 0 Å². The molecule has 0 aromatic heterocycles. The van der Waals surface area contributed by atoms with Gasteiger partial charge >= 0.3 is 0 Å². The van der Waals surface area contributed by atoms with Crippen LogP contribution >= 0.6 is 15.9 Å². The van der Waals surface area contributed by atoms with Gasteiger partial charge in [0.15, 0.2) is 0 Å². The molecule has 1 unspecified atom stereocenters. The van der Waals surface area contributed by atoms with Crippen LogP contribution in [0.2, 0.25) is 0 Å². The van der Waals surface area contributed by atoms with E-state index in [1.165, 1.54) is 11.1 Å². The zero-order valence-electron chi connectivity index (χ0n) is 12.1. The molecule has 0 radical (unpaired) electrons. The molecule has 0 bridgehead atoms. The smallest absolute Gasteiger partial charge is 0.119 e. The number of benzene rings is 1. The molecule has 2 nitrogen and oxygen atoms in total. The number of halogens is 1. The van der Waals surface area contributed by atoms with E-state index in [-0.39, 0.29) is 0 Å². The van der Waals surface area contributed by atoms with Crippen molar-refractivity contribution in [3.05, 3.63) is 40.4 Å². The summed E-state index contributed by atoms with van der Waals surface area (Å²) in [5.74, 6) is 0.900. The Hall–Kier alpha value is -0.800. The highest BCUT2D eigenvalue weighted by molar-refractivity contribution is 9.10. The maximum Gasteiger partial charge on any atom is 0.119 e. The van der Waals surface area contributed by atoms with E-state index in [2.05, 4.69) is 53.8 Å². The minimum atomic E-state index is 0.334. The quantitative estimate of drug-likeness (QED) is 0.689. The highest BCUT2D eigenvalue weighted by atomic mass is 79.9. The molecule has 19 heavy (non-hydrogen) atoms. The van der Waals surface area contributed by atoms with Crippen LogP contribution in [-0.2, 0) is 0 Å². The SMILES string of the molecule is C=C(C)CCC(NCCC)c1cc(OC)ccc1Br. The lowest BCUT2D eigenvalue weighted by atomic mass is 9.99. The van der Waals surface area contributed by atoms with Crippen LogP contribution in [-0.4, -0.2) is 13.7 Å². The van der Waals surface area contributed by atoms with Gasteiger partial charge in [0, 0.05) is 10.5 Å². The number of methoxy groups -OCH3 is 1. The Morgan fingerprint density at radius 2 is 2.21 bits per heavy atom. The monoisotopic (exact) mass is 325 g/mol. The number of hydrogen-bond donors (Lipinski definition) is 1. The van der Waals surface area contributed by atoms with Gasteiger partial charge in [-0.2, -0.15) is 0 Å². The van der Waals surface area contributed by atoms with Gasteiger partial charge in [-0.15, -0.1) is 6.58 Å². The lowest BCUT2D eigenvalue weighted by Crippen LogP contribution is -2.22. The van der Waals surface area contributed by atoms with E-state index in [1.54, 1.807) is 7.11 Å². The molecule has 0 aliphatic rings. The molecule has 1 rings (SSSR count). The molecular weight excluding hydrogens is 302 g/mol. The third-order valence-corrected chi connectivity index (χ3v) is 3.80. The van der Waals surface area contributed by atoms with Gasteiger partial charge in [0.05, 0.1) is 7.11 Å². The summed E-state index contributed by atoms with van der Waals surface area (Å²) < 4.78 is 6.45. The molecule has 1 aromatic rings. The molecule has 0 heterocycles. The molecule has 106 valence electrons. The Balaban J connectivity index is 2.90. The van der Waals surface area contributed by atoms with Crippen molar-refractivity contribution in [3.8, 4) is 5.75 Å². The van der Waals surface area contributed by atoms with Crippen LogP contribution in [0.15, 0.2) is 34.8 Å². The lowest BCUT2D eigenvalue weighted by Gasteiger charge is -2.21. The molecule has 0 aliphatic heterocycles. The summed E-state index contributed by atoms with van der Waals surface area (Å²) in [6, 6.07) is 6.47. The van der Waals surface area contributed by atoms with Gasteiger partial charge in [0.2, 0.25) is 0 Å². The van der Waals surface area contributed by atoms with E-state index in [9.17, 15) is 0 Å². The van der Waals surface area contributed by atoms with Crippen molar-refractivity contribution >= 4 is 15.9 Å². The van der Waals surface area contributed by atoms with E-state index in [0.29, 0.717) is 6.04 Å². The first-order chi connectivity index (χ1) is 9.08. The Morgan fingerprint density at radius 1 is 1.47 bits per heavy atom. The van der Waals surface area contributed by atoms with Crippen molar-refractivity contribution in [1.29, 1.82) is 0 Å². The van der Waals surface area contributed by atoms with E-state index >= 15 is 0 Å².